The van der Waals surface area contributed by atoms with Crippen LogP contribution in [0, 0.1) is 17.1 Å². The van der Waals surface area contributed by atoms with Gasteiger partial charge in [0.1, 0.15) is 5.82 Å². The van der Waals surface area contributed by atoms with E-state index < -0.39 is 17.2 Å². The van der Waals surface area contributed by atoms with E-state index in [0.29, 0.717) is 0 Å². The maximum Gasteiger partial charge on any atom is 0.332 e. The first-order valence-corrected chi connectivity index (χ1v) is 4.75. The summed E-state index contributed by atoms with van der Waals surface area (Å²) in [5, 5.41) is 9.02. The quantitative estimate of drug-likeness (QED) is 0.728. The molecule has 0 aliphatic carbocycles. The predicted octanol–water partition coefficient (Wildman–Crippen LogP) is 1.57. The minimum absolute atomic E-state index is 0.176. The van der Waals surface area contributed by atoms with Crippen molar-refractivity contribution < 1.29 is 13.9 Å². The van der Waals surface area contributed by atoms with Crippen molar-refractivity contribution >= 4 is 5.97 Å². The lowest BCUT2D eigenvalue weighted by Gasteiger charge is -2.18. The summed E-state index contributed by atoms with van der Waals surface area (Å²) in [7, 11) is 0. The molecule has 16 heavy (non-hydrogen) atoms. The Morgan fingerprint density at radius 1 is 1.69 bits per heavy atom. The van der Waals surface area contributed by atoms with Gasteiger partial charge in [-0.05, 0) is 26.0 Å². The third-order valence-electron chi connectivity index (χ3n) is 2.15. The van der Waals surface area contributed by atoms with Crippen LogP contribution in [0.15, 0.2) is 18.3 Å². The van der Waals surface area contributed by atoms with Gasteiger partial charge in [-0.25, -0.2) is 9.18 Å². The van der Waals surface area contributed by atoms with Crippen LogP contribution in [-0.4, -0.2) is 17.6 Å². The summed E-state index contributed by atoms with van der Waals surface area (Å²) in [5.74, 6) is -1.20. The number of nitriles is 1. The van der Waals surface area contributed by atoms with E-state index in [4.69, 9.17) is 10.00 Å². The highest BCUT2D eigenvalue weighted by atomic mass is 19.1. The zero-order valence-electron chi connectivity index (χ0n) is 9.03. The Hall–Kier alpha value is -1.96. The SMILES string of the molecule is CCOC(=O)C(C)(C#N)c1ccc(F)cn1. The molecule has 4 nitrogen and oxygen atoms in total. The van der Waals surface area contributed by atoms with E-state index in [-0.39, 0.29) is 12.3 Å². The van der Waals surface area contributed by atoms with E-state index in [2.05, 4.69) is 4.98 Å². The van der Waals surface area contributed by atoms with Gasteiger partial charge in [-0.15, -0.1) is 0 Å². The Balaban J connectivity index is 3.10. The van der Waals surface area contributed by atoms with Gasteiger partial charge in [-0.3, -0.25) is 4.98 Å². The summed E-state index contributed by atoms with van der Waals surface area (Å²) >= 11 is 0. The number of rotatable bonds is 3. The molecule has 0 spiro atoms. The number of hydrogen-bond acceptors (Lipinski definition) is 4. The number of carbonyl (C=O) groups is 1. The maximum atomic E-state index is 12.7. The lowest BCUT2D eigenvalue weighted by molar-refractivity contribution is -0.147. The van der Waals surface area contributed by atoms with E-state index in [9.17, 15) is 9.18 Å². The van der Waals surface area contributed by atoms with Crippen LogP contribution in [0.1, 0.15) is 19.5 Å². The second kappa shape index (κ2) is 4.71. The van der Waals surface area contributed by atoms with Gasteiger partial charge >= 0.3 is 5.97 Å². The van der Waals surface area contributed by atoms with Crippen molar-refractivity contribution in [3.05, 3.63) is 29.8 Å². The fraction of sp³-hybridized carbons (Fsp3) is 0.364. The molecule has 0 radical (unpaired) electrons. The van der Waals surface area contributed by atoms with Gasteiger partial charge in [0, 0.05) is 0 Å². The minimum Gasteiger partial charge on any atom is -0.465 e. The van der Waals surface area contributed by atoms with Crippen LogP contribution in [-0.2, 0) is 14.9 Å². The molecule has 5 heteroatoms. The highest BCUT2D eigenvalue weighted by Gasteiger charge is 2.38. The number of pyridine rings is 1. The fourth-order valence-electron chi connectivity index (χ4n) is 1.15. The van der Waals surface area contributed by atoms with Gasteiger partial charge < -0.3 is 4.74 Å². The van der Waals surface area contributed by atoms with Crippen LogP contribution in [0.4, 0.5) is 4.39 Å². The molecular weight excluding hydrogens is 211 g/mol. The van der Waals surface area contributed by atoms with Crippen LogP contribution in [0.25, 0.3) is 0 Å². The van der Waals surface area contributed by atoms with Crippen molar-refractivity contribution in [1.82, 2.24) is 4.98 Å². The molecule has 1 rings (SSSR count). The lowest BCUT2D eigenvalue weighted by atomic mass is 9.88. The summed E-state index contributed by atoms with van der Waals surface area (Å²) < 4.78 is 17.5. The molecule has 1 atom stereocenters. The van der Waals surface area contributed by atoms with Gasteiger partial charge in [0.2, 0.25) is 0 Å². The van der Waals surface area contributed by atoms with Gasteiger partial charge in [0.25, 0.3) is 0 Å². The van der Waals surface area contributed by atoms with Gasteiger partial charge in [0.15, 0.2) is 5.41 Å². The monoisotopic (exact) mass is 222 g/mol. The van der Waals surface area contributed by atoms with Crippen molar-refractivity contribution in [3.63, 3.8) is 0 Å². The highest BCUT2D eigenvalue weighted by Crippen LogP contribution is 2.22. The van der Waals surface area contributed by atoms with Gasteiger partial charge in [-0.1, -0.05) is 0 Å². The van der Waals surface area contributed by atoms with Gasteiger partial charge in [0.05, 0.1) is 24.6 Å². The highest BCUT2D eigenvalue weighted by molar-refractivity contribution is 5.85. The zero-order chi connectivity index (χ0) is 12.2. The van der Waals surface area contributed by atoms with Gasteiger partial charge in [-0.2, -0.15) is 5.26 Å². The standard InChI is InChI=1S/C11H11FN2O2/c1-3-16-10(15)11(2,7-13)9-5-4-8(12)6-14-9/h4-6H,3H2,1-2H3. The van der Waals surface area contributed by atoms with E-state index in [1.54, 1.807) is 6.92 Å². The summed E-state index contributed by atoms with van der Waals surface area (Å²) in [4.78, 5) is 15.3. The van der Waals surface area contributed by atoms with Crippen molar-refractivity contribution in [2.24, 2.45) is 0 Å². The average molecular weight is 222 g/mol. The Morgan fingerprint density at radius 3 is 2.81 bits per heavy atom. The van der Waals surface area contributed by atoms with Crippen LogP contribution >= 0.6 is 0 Å². The molecule has 1 heterocycles. The third kappa shape index (κ3) is 2.16. The molecule has 1 aromatic rings. The smallest absolute Gasteiger partial charge is 0.332 e. The molecule has 1 aromatic heterocycles. The average Bonchev–Trinajstić information content (AvgIpc) is 2.29. The number of hydrogen-bond donors (Lipinski definition) is 0. The summed E-state index contributed by atoms with van der Waals surface area (Å²) in [6, 6.07) is 4.29. The molecule has 84 valence electrons. The summed E-state index contributed by atoms with van der Waals surface area (Å²) in [6.45, 7) is 3.22. The van der Waals surface area contributed by atoms with Crippen molar-refractivity contribution in [1.29, 1.82) is 5.26 Å². The van der Waals surface area contributed by atoms with E-state index in [1.807, 2.05) is 6.07 Å². The van der Waals surface area contributed by atoms with Crippen LogP contribution in [0.5, 0.6) is 0 Å². The Bertz CT molecular complexity index is 425. The first-order chi connectivity index (χ1) is 7.54. The Morgan fingerprint density at radius 2 is 2.38 bits per heavy atom. The van der Waals surface area contributed by atoms with Crippen LogP contribution in [0.3, 0.4) is 0 Å². The summed E-state index contributed by atoms with van der Waals surface area (Å²) in [5.41, 5.74) is -1.32. The summed E-state index contributed by atoms with van der Waals surface area (Å²) in [6.07, 6.45) is 0.962. The Labute approximate surface area is 92.7 Å². The number of aromatic nitrogens is 1. The first kappa shape index (κ1) is 12.1. The number of esters is 1. The van der Waals surface area contributed by atoms with Crippen molar-refractivity contribution in [2.75, 3.05) is 6.61 Å². The van der Waals surface area contributed by atoms with Crippen LogP contribution < -0.4 is 0 Å². The molecule has 0 aliphatic heterocycles. The number of ether oxygens (including phenoxy) is 1. The molecular formula is C11H11FN2O2. The van der Waals surface area contributed by atoms with E-state index in [1.165, 1.54) is 13.0 Å². The number of nitrogens with zero attached hydrogens (tertiary/aromatic N) is 2. The van der Waals surface area contributed by atoms with Crippen molar-refractivity contribution in [3.8, 4) is 6.07 Å². The van der Waals surface area contributed by atoms with Crippen LogP contribution in [0.2, 0.25) is 0 Å². The zero-order valence-corrected chi connectivity index (χ0v) is 9.03. The second-order valence-corrected chi connectivity index (χ2v) is 3.32. The molecule has 0 bridgehead atoms. The van der Waals surface area contributed by atoms with E-state index in [0.717, 1.165) is 12.3 Å². The number of halogens is 1. The predicted molar refractivity (Wildman–Crippen MR) is 53.8 cm³/mol. The molecule has 0 amide bonds. The molecule has 0 aromatic carbocycles. The topological polar surface area (TPSA) is 63.0 Å². The normalized spacial score (nSPS) is 13.6. The third-order valence-corrected chi connectivity index (χ3v) is 2.15. The second-order valence-electron chi connectivity index (χ2n) is 3.32. The van der Waals surface area contributed by atoms with Crippen molar-refractivity contribution in [2.45, 2.75) is 19.3 Å². The fourth-order valence-corrected chi connectivity index (χ4v) is 1.15. The van der Waals surface area contributed by atoms with E-state index >= 15 is 0 Å². The molecule has 0 saturated heterocycles. The molecule has 0 aliphatic rings. The first-order valence-electron chi connectivity index (χ1n) is 4.75. The lowest BCUT2D eigenvalue weighted by Crippen LogP contribution is -2.33. The molecule has 0 saturated carbocycles. The largest absolute Gasteiger partial charge is 0.465 e. The molecule has 0 fully saturated rings. The minimum atomic E-state index is -1.50. The Kier molecular flexibility index (Phi) is 3.56. The number of carbonyl (C=O) groups excluding carboxylic acids is 1. The maximum absolute atomic E-state index is 12.7. The molecule has 1 unspecified atom stereocenters. The molecule has 0 N–H and O–H groups in total.